The molecule has 0 aromatic heterocycles. The van der Waals surface area contributed by atoms with Crippen LogP contribution in [0, 0.1) is 11.6 Å². The molecule has 1 aromatic rings. The molecule has 2 N–H and O–H groups in total. The first kappa shape index (κ1) is 10.8. The van der Waals surface area contributed by atoms with Gasteiger partial charge in [0.25, 0.3) is 0 Å². The average Bonchev–Trinajstić information content (AvgIpc) is 2.01. The second-order valence-corrected chi connectivity index (χ2v) is 3.19. The van der Waals surface area contributed by atoms with Crippen LogP contribution in [0.2, 0.25) is 0 Å². The summed E-state index contributed by atoms with van der Waals surface area (Å²) in [4.78, 5) is 0.307. The Bertz CT molecular complexity index is 323. The molecule has 0 aliphatic carbocycles. The fourth-order valence-electron chi connectivity index (χ4n) is 0.881. The first-order chi connectivity index (χ1) is 6.58. The van der Waals surface area contributed by atoms with E-state index in [0.717, 1.165) is 18.2 Å². The molecule has 0 bridgehead atoms. The summed E-state index contributed by atoms with van der Waals surface area (Å²) in [5.41, 5.74) is 5.22. The molecule has 0 aliphatic heterocycles. The third-order valence-electron chi connectivity index (χ3n) is 1.45. The Morgan fingerprint density at radius 1 is 1.29 bits per heavy atom. The average molecular weight is 217 g/mol. The van der Waals surface area contributed by atoms with Crippen molar-refractivity contribution in [2.45, 2.75) is 6.42 Å². The first-order valence-corrected chi connectivity index (χ1v) is 4.36. The second kappa shape index (κ2) is 4.85. The Labute approximate surface area is 85.7 Å². The molecule has 5 heteroatoms. The Hall–Kier alpha value is -1.23. The predicted molar refractivity (Wildman–Crippen MR) is 53.3 cm³/mol. The molecule has 0 unspecified atom stereocenters. The highest BCUT2D eigenvalue weighted by atomic mass is 32.1. The van der Waals surface area contributed by atoms with E-state index in [4.69, 9.17) is 10.5 Å². The zero-order chi connectivity index (χ0) is 10.6. The summed E-state index contributed by atoms with van der Waals surface area (Å²) in [6.07, 6.45) is 0.382. The van der Waals surface area contributed by atoms with Crippen LogP contribution in [0.4, 0.5) is 8.78 Å². The van der Waals surface area contributed by atoms with Crippen molar-refractivity contribution in [3.05, 3.63) is 29.8 Å². The molecular weight excluding hydrogens is 208 g/mol. The lowest BCUT2D eigenvalue weighted by molar-refractivity contribution is 0.325. The van der Waals surface area contributed by atoms with Gasteiger partial charge in [0.15, 0.2) is 0 Å². The van der Waals surface area contributed by atoms with Crippen molar-refractivity contribution in [1.82, 2.24) is 0 Å². The smallest absolute Gasteiger partial charge is 0.129 e. The fourth-order valence-corrected chi connectivity index (χ4v) is 0.965. The third kappa shape index (κ3) is 3.66. The van der Waals surface area contributed by atoms with Crippen LogP contribution in [0.5, 0.6) is 5.75 Å². The Balaban J connectivity index is 2.54. The van der Waals surface area contributed by atoms with E-state index in [1.165, 1.54) is 0 Å². The van der Waals surface area contributed by atoms with Crippen LogP contribution in [-0.2, 0) is 0 Å². The molecule has 1 rings (SSSR count). The number of hydrogen-bond acceptors (Lipinski definition) is 2. The van der Waals surface area contributed by atoms with Gasteiger partial charge in [-0.3, -0.25) is 0 Å². The number of ether oxygens (including phenoxy) is 1. The van der Waals surface area contributed by atoms with Crippen molar-refractivity contribution < 1.29 is 13.5 Å². The summed E-state index contributed by atoms with van der Waals surface area (Å²) < 4.78 is 30.3. The van der Waals surface area contributed by atoms with Gasteiger partial charge in [-0.25, -0.2) is 8.78 Å². The quantitative estimate of drug-likeness (QED) is 0.784. The van der Waals surface area contributed by atoms with Crippen molar-refractivity contribution in [1.29, 1.82) is 0 Å². The van der Waals surface area contributed by atoms with Gasteiger partial charge in [0, 0.05) is 24.6 Å². The topological polar surface area (TPSA) is 35.2 Å². The van der Waals surface area contributed by atoms with Crippen LogP contribution in [0.25, 0.3) is 0 Å². The van der Waals surface area contributed by atoms with E-state index in [0.29, 0.717) is 11.4 Å². The number of rotatable bonds is 4. The molecule has 2 nitrogen and oxygen atoms in total. The van der Waals surface area contributed by atoms with Gasteiger partial charge in [-0.05, 0) is 0 Å². The van der Waals surface area contributed by atoms with Gasteiger partial charge >= 0.3 is 0 Å². The third-order valence-corrected chi connectivity index (χ3v) is 1.66. The lowest BCUT2D eigenvalue weighted by Crippen LogP contribution is -2.12. The maximum Gasteiger partial charge on any atom is 0.129 e. The summed E-state index contributed by atoms with van der Waals surface area (Å²) in [7, 11) is 0. The van der Waals surface area contributed by atoms with E-state index in [2.05, 4.69) is 12.2 Å². The number of halogens is 2. The minimum atomic E-state index is -0.671. The monoisotopic (exact) mass is 217 g/mol. The highest BCUT2D eigenvalue weighted by Gasteiger charge is 2.01. The molecule has 0 fully saturated rings. The van der Waals surface area contributed by atoms with Gasteiger partial charge in [-0.2, -0.15) is 0 Å². The van der Waals surface area contributed by atoms with Gasteiger partial charge < -0.3 is 10.5 Å². The van der Waals surface area contributed by atoms with Crippen molar-refractivity contribution in [3.63, 3.8) is 0 Å². The number of thiocarbonyl (C=S) groups is 1. The Kier molecular flexibility index (Phi) is 3.76. The van der Waals surface area contributed by atoms with Gasteiger partial charge in [-0.15, -0.1) is 0 Å². The number of benzene rings is 1. The summed E-state index contributed by atoms with van der Waals surface area (Å²) in [5.74, 6) is -1.20. The second-order valence-electron chi connectivity index (χ2n) is 2.67. The highest BCUT2D eigenvalue weighted by molar-refractivity contribution is 7.80. The highest BCUT2D eigenvalue weighted by Crippen LogP contribution is 2.15. The SMILES string of the molecule is NC(=S)CCOc1cc(F)cc(F)c1. The van der Waals surface area contributed by atoms with Crippen LogP contribution in [0.1, 0.15) is 6.42 Å². The molecular formula is C9H9F2NOS. The maximum atomic E-state index is 12.6. The van der Waals surface area contributed by atoms with E-state index >= 15 is 0 Å². The van der Waals surface area contributed by atoms with Crippen LogP contribution in [0.15, 0.2) is 18.2 Å². The van der Waals surface area contributed by atoms with Crippen LogP contribution >= 0.6 is 12.2 Å². The van der Waals surface area contributed by atoms with E-state index in [9.17, 15) is 8.78 Å². The van der Waals surface area contributed by atoms with E-state index in [1.807, 2.05) is 0 Å². The van der Waals surface area contributed by atoms with Crippen molar-refractivity contribution in [3.8, 4) is 5.75 Å². The van der Waals surface area contributed by atoms with Gasteiger partial charge in [-0.1, -0.05) is 12.2 Å². The van der Waals surface area contributed by atoms with E-state index in [1.54, 1.807) is 0 Å². The number of hydrogen-bond donors (Lipinski definition) is 1. The molecule has 0 aliphatic rings. The maximum absolute atomic E-state index is 12.6. The molecule has 0 amide bonds. The molecule has 1 aromatic carbocycles. The molecule has 14 heavy (non-hydrogen) atoms. The van der Waals surface area contributed by atoms with Crippen LogP contribution in [0.3, 0.4) is 0 Å². The molecule has 76 valence electrons. The predicted octanol–water partition coefficient (Wildman–Crippen LogP) is 2.02. The molecule has 0 radical (unpaired) electrons. The lowest BCUT2D eigenvalue weighted by atomic mass is 10.3. The van der Waals surface area contributed by atoms with Crippen LogP contribution < -0.4 is 10.5 Å². The summed E-state index contributed by atoms with van der Waals surface area (Å²) >= 11 is 4.61. The number of nitrogens with two attached hydrogens (primary N) is 1. The van der Waals surface area contributed by atoms with E-state index < -0.39 is 11.6 Å². The van der Waals surface area contributed by atoms with Crippen molar-refractivity contribution in [2.75, 3.05) is 6.61 Å². The summed E-state index contributed by atoms with van der Waals surface area (Å²) in [6, 6.07) is 2.98. The van der Waals surface area contributed by atoms with Gasteiger partial charge in [0.05, 0.1) is 11.6 Å². The largest absolute Gasteiger partial charge is 0.493 e. The van der Waals surface area contributed by atoms with Crippen molar-refractivity contribution in [2.24, 2.45) is 5.73 Å². The summed E-state index contributed by atoms with van der Waals surface area (Å²) in [5, 5.41) is 0. The van der Waals surface area contributed by atoms with E-state index in [-0.39, 0.29) is 12.4 Å². The first-order valence-electron chi connectivity index (χ1n) is 3.95. The molecule has 0 atom stereocenters. The van der Waals surface area contributed by atoms with Gasteiger partial charge in [0.1, 0.15) is 17.4 Å². The van der Waals surface area contributed by atoms with Crippen molar-refractivity contribution >= 4 is 17.2 Å². The standard InChI is InChI=1S/C9H9F2NOS/c10-6-3-7(11)5-8(4-6)13-2-1-9(12)14/h3-5H,1-2H2,(H2,12,14). The molecule has 0 saturated heterocycles. The zero-order valence-corrected chi connectivity index (χ0v) is 8.11. The Morgan fingerprint density at radius 2 is 1.86 bits per heavy atom. The zero-order valence-electron chi connectivity index (χ0n) is 7.30. The van der Waals surface area contributed by atoms with Gasteiger partial charge in [0.2, 0.25) is 0 Å². The lowest BCUT2D eigenvalue weighted by Gasteiger charge is -2.05. The minimum Gasteiger partial charge on any atom is -0.493 e. The molecule has 0 saturated carbocycles. The summed E-state index contributed by atoms with van der Waals surface area (Å²) in [6.45, 7) is 0.220. The fraction of sp³-hybridized carbons (Fsp3) is 0.222. The Morgan fingerprint density at radius 3 is 2.36 bits per heavy atom. The van der Waals surface area contributed by atoms with Crippen LogP contribution in [-0.4, -0.2) is 11.6 Å². The minimum absolute atomic E-state index is 0.138. The molecule has 0 heterocycles. The normalized spacial score (nSPS) is 9.86. The molecule has 0 spiro atoms.